The van der Waals surface area contributed by atoms with Crippen LogP contribution in [0.4, 0.5) is 11.4 Å². The number of hydrogen-bond donors (Lipinski definition) is 1. The van der Waals surface area contributed by atoms with Crippen LogP contribution in [0.3, 0.4) is 0 Å². The Morgan fingerprint density at radius 3 is 2.55 bits per heavy atom. The number of nitro groups is 1. The summed E-state index contributed by atoms with van der Waals surface area (Å²) in [7, 11) is 0. The molecule has 6 heteroatoms. The van der Waals surface area contributed by atoms with Crippen LogP contribution in [-0.2, 0) is 6.54 Å². The van der Waals surface area contributed by atoms with Crippen molar-refractivity contribution in [3.05, 3.63) is 68.7 Å². The molecule has 2 aromatic carbocycles. The molecule has 0 saturated carbocycles. The van der Waals surface area contributed by atoms with Gasteiger partial charge in [-0.2, -0.15) is 5.26 Å². The normalized spacial score (nSPS) is 9.80. The van der Waals surface area contributed by atoms with E-state index in [0.29, 0.717) is 16.1 Å². The number of anilines is 1. The van der Waals surface area contributed by atoms with Gasteiger partial charge in [0.2, 0.25) is 0 Å². The second kappa shape index (κ2) is 6.04. The predicted octanol–water partition coefficient (Wildman–Crippen LogP) is 3.73. The third-order valence-electron chi connectivity index (χ3n) is 2.74. The summed E-state index contributed by atoms with van der Waals surface area (Å²) in [6.07, 6.45) is 0. The molecule has 100 valence electrons. The van der Waals surface area contributed by atoms with Crippen LogP contribution in [-0.4, -0.2) is 4.92 Å². The maximum Gasteiger partial charge on any atom is 0.274 e. The van der Waals surface area contributed by atoms with Gasteiger partial charge in [-0.1, -0.05) is 11.6 Å². The van der Waals surface area contributed by atoms with Crippen LogP contribution in [0.15, 0.2) is 42.5 Å². The van der Waals surface area contributed by atoms with E-state index in [1.165, 1.54) is 12.1 Å². The molecule has 0 aliphatic carbocycles. The summed E-state index contributed by atoms with van der Waals surface area (Å²) in [5.74, 6) is 0. The summed E-state index contributed by atoms with van der Waals surface area (Å²) in [4.78, 5) is 10.5. The summed E-state index contributed by atoms with van der Waals surface area (Å²) in [5, 5.41) is 23.1. The molecule has 0 bridgehead atoms. The van der Waals surface area contributed by atoms with E-state index < -0.39 is 4.92 Å². The van der Waals surface area contributed by atoms with E-state index in [9.17, 15) is 10.1 Å². The molecular weight excluding hydrogens is 278 g/mol. The van der Waals surface area contributed by atoms with Crippen molar-refractivity contribution in [2.75, 3.05) is 5.32 Å². The third-order valence-corrected chi connectivity index (χ3v) is 2.97. The fourth-order valence-electron chi connectivity index (χ4n) is 1.73. The highest BCUT2D eigenvalue weighted by Crippen LogP contribution is 2.23. The monoisotopic (exact) mass is 287 g/mol. The van der Waals surface area contributed by atoms with Crippen molar-refractivity contribution in [1.29, 1.82) is 5.26 Å². The molecule has 1 N–H and O–H groups in total. The first-order valence-corrected chi connectivity index (χ1v) is 6.15. The number of rotatable bonds is 4. The largest absolute Gasteiger partial charge is 0.381 e. The molecule has 0 aromatic heterocycles. The Labute approximate surface area is 120 Å². The number of nitro benzene ring substituents is 1. The number of benzene rings is 2. The minimum Gasteiger partial charge on any atom is -0.381 e. The highest BCUT2D eigenvalue weighted by atomic mass is 35.5. The minimum atomic E-state index is -0.438. The van der Waals surface area contributed by atoms with Crippen molar-refractivity contribution in [3.63, 3.8) is 0 Å². The lowest BCUT2D eigenvalue weighted by Gasteiger charge is -2.07. The predicted molar refractivity (Wildman–Crippen MR) is 76.6 cm³/mol. The van der Waals surface area contributed by atoms with Crippen LogP contribution in [0.25, 0.3) is 0 Å². The number of nitriles is 1. The Bertz CT molecular complexity index is 678. The van der Waals surface area contributed by atoms with Crippen LogP contribution >= 0.6 is 11.6 Å². The molecule has 2 aromatic rings. The highest BCUT2D eigenvalue weighted by Gasteiger charge is 2.13. The Kier molecular flexibility index (Phi) is 4.18. The molecule has 0 saturated heterocycles. The van der Waals surface area contributed by atoms with Gasteiger partial charge in [0.15, 0.2) is 0 Å². The molecule has 0 unspecified atom stereocenters. The third kappa shape index (κ3) is 3.25. The lowest BCUT2D eigenvalue weighted by atomic mass is 10.1. The van der Waals surface area contributed by atoms with Gasteiger partial charge in [-0.25, -0.2) is 0 Å². The van der Waals surface area contributed by atoms with Gasteiger partial charge in [0.05, 0.1) is 22.1 Å². The molecule has 5 nitrogen and oxygen atoms in total. The van der Waals surface area contributed by atoms with Gasteiger partial charge in [0, 0.05) is 23.3 Å². The van der Waals surface area contributed by atoms with E-state index in [1.807, 2.05) is 6.07 Å². The maximum absolute atomic E-state index is 10.9. The topological polar surface area (TPSA) is 79.0 Å². The maximum atomic E-state index is 10.9. The number of hydrogen-bond acceptors (Lipinski definition) is 4. The minimum absolute atomic E-state index is 0.0237. The molecule has 0 aliphatic rings. The Morgan fingerprint density at radius 1 is 1.25 bits per heavy atom. The second-order valence-electron chi connectivity index (χ2n) is 4.07. The SMILES string of the molecule is N#Cc1ccc(NCc2cc(Cl)ccc2[N+](=O)[O-])cc1. The molecule has 0 atom stereocenters. The van der Waals surface area contributed by atoms with Crippen molar-refractivity contribution in [2.24, 2.45) is 0 Å². The van der Waals surface area contributed by atoms with Crippen LogP contribution in [0.5, 0.6) is 0 Å². The summed E-state index contributed by atoms with van der Waals surface area (Å²) in [5.41, 5.74) is 1.87. The van der Waals surface area contributed by atoms with Crippen molar-refractivity contribution in [3.8, 4) is 6.07 Å². The van der Waals surface area contributed by atoms with E-state index in [4.69, 9.17) is 16.9 Å². The highest BCUT2D eigenvalue weighted by molar-refractivity contribution is 6.30. The van der Waals surface area contributed by atoms with Crippen LogP contribution in [0.2, 0.25) is 5.02 Å². The lowest BCUT2D eigenvalue weighted by molar-refractivity contribution is -0.385. The lowest BCUT2D eigenvalue weighted by Crippen LogP contribution is -2.03. The fourth-order valence-corrected chi connectivity index (χ4v) is 1.93. The van der Waals surface area contributed by atoms with Gasteiger partial charge < -0.3 is 5.32 Å². The molecule has 2 rings (SSSR count). The van der Waals surface area contributed by atoms with Gasteiger partial charge in [-0.05, 0) is 36.4 Å². The first-order chi connectivity index (χ1) is 9.60. The summed E-state index contributed by atoms with van der Waals surface area (Å²) in [6.45, 7) is 0.281. The molecular formula is C14H10ClN3O2. The van der Waals surface area contributed by atoms with E-state index in [0.717, 1.165) is 5.69 Å². The molecule has 0 heterocycles. The standard InChI is InChI=1S/C14H10ClN3O2/c15-12-3-6-14(18(19)20)11(7-12)9-17-13-4-1-10(8-16)2-5-13/h1-7,17H,9H2. The van der Waals surface area contributed by atoms with Gasteiger partial charge >= 0.3 is 0 Å². The number of nitrogens with zero attached hydrogens (tertiary/aromatic N) is 2. The Morgan fingerprint density at radius 2 is 1.95 bits per heavy atom. The van der Waals surface area contributed by atoms with Crippen molar-refractivity contribution < 1.29 is 4.92 Å². The Balaban J connectivity index is 2.15. The smallest absolute Gasteiger partial charge is 0.274 e. The van der Waals surface area contributed by atoms with Gasteiger partial charge in [0.1, 0.15) is 0 Å². The average molecular weight is 288 g/mol. The average Bonchev–Trinajstić information content (AvgIpc) is 2.45. The van der Waals surface area contributed by atoms with Crippen molar-refractivity contribution in [2.45, 2.75) is 6.54 Å². The summed E-state index contributed by atoms with van der Waals surface area (Å²) >= 11 is 5.86. The zero-order chi connectivity index (χ0) is 14.5. The van der Waals surface area contributed by atoms with Gasteiger partial charge in [0.25, 0.3) is 5.69 Å². The number of halogens is 1. The molecule has 0 fully saturated rings. The zero-order valence-corrected chi connectivity index (χ0v) is 11.1. The molecule has 0 spiro atoms. The number of nitrogens with one attached hydrogen (secondary N) is 1. The van der Waals surface area contributed by atoms with Gasteiger partial charge in [-0.3, -0.25) is 10.1 Å². The molecule has 0 aliphatic heterocycles. The van der Waals surface area contributed by atoms with E-state index in [2.05, 4.69) is 5.32 Å². The molecule has 20 heavy (non-hydrogen) atoms. The first kappa shape index (κ1) is 13.8. The van der Waals surface area contributed by atoms with E-state index in [-0.39, 0.29) is 12.2 Å². The summed E-state index contributed by atoms with van der Waals surface area (Å²) in [6, 6.07) is 13.3. The zero-order valence-electron chi connectivity index (χ0n) is 10.3. The van der Waals surface area contributed by atoms with Crippen LogP contribution in [0.1, 0.15) is 11.1 Å². The molecule has 0 radical (unpaired) electrons. The van der Waals surface area contributed by atoms with Crippen molar-refractivity contribution >= 4 is 23.0 Å². The van der Waals surface area contributed by atoms with Crippen LogP contribution < -0.4 is 5.32 Å². The van der Waals surface area contributed by atoms with Crippen LogP contribution in [0, 0.1) is 21.4 Å². The van der Waals surface area contributed by atoms with Gasteiger partial charge in [-0.15, -0.1) is 0 Å². The van der Waals surface area contributed by atoms with Crippen molar-refractivity contribution in [1.82, 2.24) is 0 Å². The Hall–Kier alpha value is -2.58. The second-order valence-corrected chi connectivity index (χ2v) is 4.51. The molecule has 0 amide bonds. The summed E-state index contributed by atoms with van der Waals surface area (Å²) < 4.78 is 0. The quantitative estimate of drug-likeness (QED) is 0.686. The first-order valence-electron chi connectivity index (χ1n) is 5.77. The van der Waals surface area contributed by atoms with E-state index in [1.54, 1.807) is 30.3 Å². The van der Waals surface area contributed by atoms with E-state index >= 15 is 0 Å². The fraction of sp³-hybridized carbons (Fsp3) is 0.0714.